The van der Waals surface area contributed by atoms with E-state index in [1.165, 1.54) is 37.4 Å². The molecule has 0 aromatic heterocycles. The van der Waals surface area contributed by atoms with E-state index < -0.39 is 30.9 Å². The van der Waals surface area contributed by atoms with Crippen LogP contribution in [0.4, 0.5) is 4.39 Å². The van der Waals surface area contributed by atoms with Crippen molar-refractivity contribution in [1.29, 1.82) is 0 Å². The van der Waals surface area contributed by atoms with Gasteiger partial charge in [-0.3, -0.25) is 0 Å². The van der Waals surface area contributed by atoms with Crippen LogP contribution in [0, 0.1) is 5.82 Å². The van der Waals surface area contributed by atoms with Crippen LogP contribution in [0.2, 0.25) is 0 Å². The smallest absolute Gasteiger partial charge is 0.218 e. The highest BCUT2D eigenvalue weighted by Gasteiger charge is 2.43. The zero-order chi connectivity index (χ0) is 18.9. The summed E-state index contributed by atoms with van der Waals surface area (Å²) in [6, 6.07) is 11.3. The second-order valence-corrected chi connectivity index (χ2v) is 10.2. The fraction of sp³-hybridized carbons (Fsp3) is 0.294. The number of rotatable bonds is 6. The lowest BCUT2D eigenvalue weighted by atomic mass is 10.2. The van der Waals surface area contributed by atoms with Crippen molar-refractivity contribution in [1.82, 2.24) is 4.31 Å². The molecule has 0 aliphatic carbocycles. The summed E-state index contributed by atoms with van der Waals surface area (Å²) in [4.78, 5) is 0.130. The lowest BCUT2D eigenvalue weighted by Crippen LogP contribution is -2.56. The third-order valence-electron chi connectivity index (χ3n) is 4.27. The zero-order valence-electron chi connectivity index (χ0n) is 14.0. The minimum Gasteiger partial charge on any atom is -0.497 e. The molecule has 1 heterocycles. The average molecular weight is 399 g/mol. The Labute approximate surface area is 152 Å². The number of hydrogen-bond acceptors (Lipinski definition) is 5. The summed E-state index contributed by atoms with van der Waals surface area (Å²) in [5.74, 6) is -0.335. The highest BCUT2D eigenvalue weighted by atomic mass is 32.2. The first-order chi connectivity index (χ1) is 12.2. The van der Waals surface area contributed by atoms with Crippen LogP contribution in [0.15, 0.2) is 53.4 Å². The molecule has 3 rings (SSSR count). The predicted octanol–water partition coefficient (Wildman–Crippen LogP) is 1.82. The second kappa shape index (κ2) is 6.98. The molecule has 1 aliphatic heterocycles. The van der Waals surface area contributed by atoms with Gasteiger partial charge < -0.3 is 4.74 Å². The monoisotopic (exact) mass is 399 g/mol. The average Bonchev–Trinajstić information content (AvgIpc) is 2.52. The number of ether oxygens (including phenoxy) is 1. The van der Waals surface area contributed by atoms with Crippen molar-refractivity contribution in [2.24, 2.45) is 0 Å². The largest absolute Gasteiger partial charge is 0.497 e. The van der Waals surface area contributed by atoms with Crippen molar-refractivity contribution in [2.45, 2.75) is 15.9 Å². The minimum absolute atomic E-state index is 0.105. The Kier molecular flexibility index (Phi) is 5.05. The van der Waals surface area contributed by atoms with Gasteiger partial charge in [-0.1, -0.05) is 12.1 Å². The Morgan fingerprint density at radius 3 is 2.31 bits per heavy atom. The Morgan fingerprint density at radius 2 is 1.73 bits per heavy atom. The Bertz CT molecular complexity index is 998. The van der Waals surface area contributed by atoms with Gasteiger partial charge >= 0.3 is 0 Å². The molecule has 2 aromatic carbocycles. The van der Waals surface area contributed by atoms with E-state index in [1.54, 1.807) is 12.1 Å². The van der Waals surface area contributed by atoms with Crippen molar-refractivity contribution in [3.8, 4) is 5.75 Å². The van der Waals surface area contributed by atoms with Gasteiger partial charge in [-0.15, -0.1) is 0 Å². The van der Waals surface area contributed by atoms with E-state index in [2.05, 4.69) is 0 Å². The predicted molar refractivity (Wildman–Crippen MR) is 94.6 cm³/mol. The third-order valence-corrected chi connectivity index (χ3v) is 8.16. The molecule has 0 saturated carbocycles. The molecule has 9 heteroatoms. The molecule has 6 nitrogen and oxygen atoms in total. The van der Waals surface area contributed by atoms with Crippen molar-refractivity contribution in [3.63, 3.8) is 0 Å². The summed E-state index contributed by atoms with van der Waals surface area (Å²) in [6.45, 7) is -0.210. The molecule has 1 aliphatic rings. The molecule has 26 heavy (non-hydrogen) atoms. The number of hydrogen-bond donors (Lipinski definition) is 0. The molecular weight excluding hydrogens is 381 g/mol. The van der Waals surface area contributed by atoms with E-state index in [4.69, 9.17) is 4.74 Å². The molecule has 0 spiro atoms. The normalized spacial score (nSPS) is 16.2. The lowest BCUT2D eigenvalue weighted by Gasteiger charge is -2.37. The Morgan fingerprint density at radius 1 is 1.08 bits per heavy atom. The van der Waals surface area contributed by atoms with Crippen LogP contribution < -0.4 is 4.74 Å². The van der Waals surface area contributed by atoms with Crippen LogP contribution in [0.1, 0.15) is 5.56 Å². The zero-order valence-corrected chi connectivity index (χ0v) is 15.6. The summed E-state index contributed by atoms with van der Waals surface area (Å²) in [6.07, 6.45) is 0. The van der Waals surface area contributed by atoms with Gasteiger partial charge in [0.25, 0.3) is 0 Å². The quantitative estimate of drug-likeness (QED) is 0.740. The molecule has 1 fully saturated rings. The van der Waals surface area contributed by atoms with Crippen LogP contribution >= 0.6 is 0 Å². The van der Waals surface area contributed by atoms with E-state index >= 15 is 0 Å². The van der Waals surface area contributed by atoms with Gasteiger partial charge in [-0.05, 0) is 42.0 Å². The first-order valence-electron chi connectivity index (χ1n) is 7.82. The van der Waals surface area contributed by atoms with E-state index in [-0.39, 0.29) is 23.7 Å². The molecule has 140 valence electrons. The molecule has 0 amide bonds. The van der Waals surface area contributed by atoms with E-state index in [0.717, 1.165) is 10.4 Å². The maximum atomic E-state index is 13.2. The lowest BCUT2D eigenvalue weighted by molar-refractivity contribution is 0.309. The number of sulfonamides is 1. The maximum Gasteiger partial charge on any atom is 0.218 e. The topological polar surface area (TPSA) is 80.8 Å². The summed E-state index contributed by atoms with van der Waals surface area (Å²) < 4.78 is 69.2. The summed E-state index contributed by atoms with van der Waals surface area (Å²) in [7, 11) is -5.84. The highest BCUT2D eigenvalue weighted by molar-refractivity contribution is 7.92. The SMILES string of the molecule is COc1ccc(S(=O)(=O)C2CN(S(=O)(=O)Cc3cccc(F)c3)C2)cc1. The first-order valence-corrected chi connectivity index (χ1v) is 11.0. The van der Waals surface area contributed by atoms with E-state index in [9.17, 15) is 21.2 Å². The van der Waals surface area contributed by atoms with Gasteiger partial charge in [0.2, 0.25) is 10.0 Å². The van der Waals surface area contributed by atoms with Crippen molar-refractivity contribution in [3.05, 3.63) is 59.9 Å². The number of halogens is 1. The van der Waals surface area contributed by atoms with Crippen molar-refractivity contribution in [2.75, 3.05) is 20.2 Å². The summed E-state index contributed by atoms with van der Waals surface area (Å²) >= 11 is 0. The van der Waals surface area contributed by atoms with Gasteiger partial charge in [0.1, 0.15) is 11.6 Å². The Hall–Kier alpha value is -1.97. The standard InChI is InChI=1S/C17H18FNO5S2/c1-24-15-5-7-16(8-6-15)26(22,23)17-10-19(11-17)25(20,21)12-13-3-2-4-14(18)9-13/h2-9,17H,10-12H2,1H3. The number of nitrogens with zero attached hydrogens (tertiary/aromatic N) is 1. The van der Waals surface area contributed by atoms with E-state index in [0.29, 0.717) is 11.3 Å². The summed E-state index contributed by atoms with van der Waals surface area (Å²) in [5, 5.41) is -0.793. The fourth-order valence-corrected chi connectivity index (χ4v) is 6.15. The van der Waals surface area contributed by atoms with Gasteiger partial charge in [0.15, 0.2) is 9.84 Å². The number of sulfone groups is 1. The molecule has 0 bridgehead atoms. The first kappa shape index (κ1) is 18.8. The van der Waals surface area contributed by atoms with Crippen molar-refractivity contribution >= 4 is 19.9 Å². The van der Waals surface area contributed by atoms with Crippen LogP contribution in [0.25, 0.3) is 0 Å². The van der Waals surface area contributed by atoms with E-state index in [1.807, 2.05) is 0 Å². The van der Waals surface area contributed by atoms with Gasteiger partial charge in [0, 0.05) is 13.1 Å². The Balaban J connectivity index is 1.68. The molecule has 0 N–H and O–H groups in total. The van der Waals surface area contributed by atoms with Gasteiger partial charge in [-0.25, -0.2) is 21.2 Å². The second-order valence-electron chi connectivity index (χ2n) is 6.05. The highest BCUT2D eigenvalue weighted by Crippen LogP contribution is 2.28. The van der Waals surface area contributed by atoms with Crippen LogP contribution in [0.3, 0.4) is 0 Å². The third kappa shape index (κ3) is 3.74. The molecule has 0 unspecified atom stereocenters. The van der Waals surface area contributed by atoms with Gasteiger partial charge in [0.05, 0.1) is 23.0 Å². The van der Waals surface area contributed by atoms with Crippen LogP contribution in [-0.2, 0) is 25.6 Å². The molecule has 2 aromatic rings. The summed E-state index contributed by atoms with van der Waals surface area (Å²) in [5.41, 5.74) is 0.325. The molecule has 0 atom stereocenters. The number of methoxy groups -OCH3 is 1. The molecule has 0 radical (unpaired) electrons. The van der Waals surface area contributed by atoms with Gasteiger partial charge in [-0.2, -0.15) is 4.31 Å². The van der Waals surface area contributed by atoms with Crippen LogP contribution in [0.5, 0.6) is 5.75 Å². The molecular formula is C17H18FNO5S2. The molecule has 1 saturated heterocycles. The number of benzene rings is 2. The van der Waals surface area contributed by atoms with Crippen molar-refractivity contribution < 1.29 is 26.0 Å². The fourth-order valence-electron chi connectivity index (χ4n) is 2.71. The minimum atomic E-state index is -3.70. The van der Waals surface area contributed by atoms with Crippen LogP contribution in [-0.4, -0.2) is 46.6 Å². The maximum absolute atomic E-state index is 13.2.